The molecule has 2 aromatic rings. The second kappa shape index (κ2) is 11.9. The van der Waals surface area contributed by atoms with Gasteiger partial charge in [-0.25, -0.2) is 9.59 Å². The fourth-order valence-electron chi connectivity index (χ4n) is 3.56. The topological polar surface area (TPSA) is 202 Å². The zero-order chi connectivity index (χ0) is 28.0. The number of nitrogens with zero attached hydrogens (tertiary/aromatic N) is 2. The summed E-state index contributed by atoms with van der Waals surface area (Å²) in [6.45, 7) is 1.30. The lowest BCUT2D eigenvalue weighted by Gasteiger charge is -2.30. The third-order valence-corrected chi connectivity index (χ3v) is 5.40. The molecule has 1 aliphatic rings. The van der Waals surface area contributed by atoms with Gasteiger partial charge in [-0.15, -0.1) is 0 Å². The number of carbonyl (C=O) groups excluding carboxylic acids is 5. The van der Waals surface area contributed by atoms with Crippen molar-refractivity contribution in [2.45, 2.75) is 32.0 Å². The minimum atomic E-state index is -1.98. The Morgan fingerprint density at radius 2 is 1.71 bits per heavy atom. The monoisotopic (exact) mass is 523 g/mol. The van der Waals surface area contributed by atoms with Crippen LogP contribution >= 0.6 is 0 Å². The molecule has 6 N–H and O–H groups in total. The van der Waals surface area contributed by atoms with Crippen LogP contribution in [0, 0.1) is 0 Å². The molecular formula is C25H25N5O8. The summed E-state index contributed by atoms with van der Waals surface area (Å²) < 4.78 is 0. The second-order valence-corrected chi connectivity index (χ2v) is 8.21. The minimum absolute atomic E-state index is 0.0363. The molecule has 198 valence electrons. The number of hydrogen-bond donors (Lipinski definition) is 4. The molecule has 1 saturated heterocycles. The first-order chi connectivity index (χ1) is 18.0. The smallest absolute Gasteiger partial charge is 0.363 e. The molecule has 0 saturated carbocycles. The summed E-state index contributed by atoms with van der Waals surface area (Å²) in [6, 6.07) is 9.49. The number of benzene rings is 2. The number of para-hydroxylation sites is 1. The normalized spacial score (nSPS) is 15.6. The lowest BCUT2D eigenvalue weighted by Crippen LogP contribution is -2.56. The van der Waals surface area contributed by atoms with E-state index in [-0.39, 0.29) is 16.4 Å². The Morgan fingerprint density at radius 3 is 2.26 bits per heavy atom. The minimum Gasteiger partial charge on any atom is -0.481 e. The maximum Gasteiger partial charge on any atom is 0.363 e. The van der Waals surface area contributed by atoms with Gasteiger partial charge in [-0.2, -0.15) is 0 Å². The number of hydrogen-bond acceptors (Lipinski definition) is 9. The third kappa shape index (κ3) is 6.27. The number of urea groups is 1. The molecule has 0 unspecified atom stereocenters. The highest BCUT2D eigenvalue weighted by atomic mass is 16.7. The molecule has 2 aromatic carbocycles. The lowest BCUT2D eigenvalue weighted by molar-refractivity contribution is -0.183. The Morgan fingerprint density at radius 1 is 1.08 bits per heavy atom. The quantitative estimate of drug-likeness (QED) is 0.190. The van der Waals surface area contributed by atoms with Crippen molar-refractivity contribution in [2.75, 3.05) is 4.90 Å². The highest BCUT2D eigenvalue weighted by molar-refractivity contribution is 6.16. The largest absolute Gasteiger partial charge is 0.481 e. The number of nitrogens with one attached hydrogen (secondary N) is 1. The summed E-state index contributed by atoms with van der Waals surface area (Å²) in [6.07, 6.45) is 0.566. The molecular weight excluding hydrogens is 498 g/mol. The van der Waals surface area contributed by atoms with Crippen molar-refractivity contribution in [1.82, 2.24) is 10.4 Å². The van der Waals surface area contributed by atoms with Crippen LogP contribution in [0.4, 0.5) is 10.5 Å². The van der Waals surface area contributed by atoms with E-state index in [9.17, 15) is 28.8 Å². The molecule has 13 nitrogen and oxygen atoms in total. The Labute approximate surface area is 216 Å². The van der Waals surface area contributed by atoms with Crippen molar-refractivity contribution in [1.29, 1.82) is 0 Å². The number of amides is 4. The summed E-state index contributed by atoms with van der Waals surface area (Å²) in [4.78, 5) is 80.8. The van der Waals surface area contributed by atoms with E-state index in [2.05, 4.69) is 5.32 Å². The van der Waals surface area contributed by atoms with E-state index in [1.54, 1.807) is 30.3 Å². The van der Waals surface area contributed by atoms with Crippen LogP contribution in [0.15, 0.2) is 60.3 Å². The molecule has 0 aliphatic carbocycles. The van der Waals surface area contributed by atoms with Gasteiger partial charge in [-0.05, 0) is 36.3 Å². The molecule has 0 radical (unpaired) electrons. The van der Waals surface area contributed by atoms with E-state index in [1.807, 2.05) is 0 Å². The van der Waals surface area contributed by atoms with Crippen LogP contribution < -0.4 is 21.7 Å². The number of aliphatic carboxylic acids is 1. The molecule has 0 bridgehead atoms. The predicted molar refractivity (Wildman–Crippen MR) is 132 cm³/mol. The van der Waals surface area contributed by atoms with Crippen molar-refractivity contribution >= 4 is 47.3 Å². The summed E-state index contributed by atoms with van der Waals surface area (Å²) in [5.74, 6) is -5.79. The number of carbonyl (C=O) groups is 6. The zero-order valence-corrected chi connectivity index (χ0v) is 20.2. The number of Topliss-reactive ketones (excluding diaryl/α,β-unsaturated/α-hetero) is 1. The van der Waals surface area contributed by atoms with Gasteiger partial charge < -0.3 is 21.4 Å². The SMILES string of the molecule is CC(=O)[C@@H](C(=O)ON1C(=O)NC(=Cc2ccc(CN)cc2)C1=O)N(C(=O)[C@@H](N)CC(=O)O)c1ccccc1. The first-order valence-electron chi connectivity index (χ1n) is 11.3. The summed E-state index contributed by atoms with van der Waals surface area (Å²) in [7, 11) is 0. The summed E-state index contributed by atoms with van der Waals surface area (Å²) in [5.41, 5.74) is 12.5. The van der Waals surface area contributed by atoms with Crippen LogP contribution in [0.2, 0.25) is 0 Å². The van der Waals surface area contributed by atoms with E-state index < -0.39 is 54.1 Å². The van der Waals surface area contributed by atoms with E-state index >= 15 is 0 Å². The van der Waals surface area contributed by atoms with Gasteiger partial charge in [0.25, 0.3) is 0 Å². The number of carboxylic acid groups (broad SMARTS) is 1. The van der Waals surface area contributed by atoms with E-state index in [0.29, 0.717) is 17.0 Å². The van der Waals surface area contributed by atoms with Gasteiger partial charge in [0.15, 0.2) is 11.8 Å². The Hall–Kier alpha value is -4.88. The average molecular weight is 524 g/mol. The number of carboxylic acids is 1. The van der Waals surface area contributed by atoms with E-state index in [1.165, 1.54) is 30.3 Å². The fraction of sp³-hybridized carbons (Fsp3) is 0.200. The Bertz CT molecular complexity index is 1290. The number of anilines is 1. The van der Waals surface area contributed by atoms with Crippen molar-refractivity contribution < 1.29 is 38.7 Å². The molecule has 0 spiro atoms. The molecule has 13 heteroatoms. The second-order valence-electron chi connectivity index (χ2n) is 8.21. The van der Waals surface area contributed by atoms with Gasteiger partial charge in [0.1, 0.15) is 5.70 Å². The first-order valence-corrected chi connectivity index (χ1v) is 11.3. The van der Waals surface area contributed by atoms with E-state index in [0.717, 1.165) is 12.5 Å². The van der Waals surface area contributed by atoms with Gasteiger partial charge >= 0.3 is 23.9 Å². The maximum atomic E-state index is 13.1. The van der Waals surface area contributed by atoms with Gasteiger partial charge in [0, 0.05) is 12.2 Å². The molecule has 2 atom stereocenters. The number of hydroxylamine groups is 2. The molecule has 1 aliphatic heterocycles. The highest BCUT2D eigenvalue weighted by Gasteiger charge is 2.43. The van der Waals surface area contributed by atoms with Crippen LogP contribution in [-0.4, -0.2) is 57.8 Å². The van der Waals surface area contributed by atoms with E-state index in [4.69, 9.17) is 21.4 Å². The highest BCUT2D eigenvalue weighted by Crippen LogP contribution is 2.22. The van der Waals surface area contributed by atoms with Crippen LogP contribution in [-0.2, 0) is 35.4 Å². The maximum absolute atomic E-state index is 13.1. The van der Waals surface area contributed by atoms with Gasteiger partial charge in [-0.1, -0.05) is 47.5 Å². The number of rotatable bonds is 10. The number of ketones is 1. The van der Waals surface area contributed by atoms with Crippen LogP contribution in [0.3, 0.4) is 0 Å². The molecule has 4 amide bonds. The van der Waals surface area contributed by atoms with Gasteiger partial charge in [0.05, 0.1) is 12.5 Å². The molecule has 38 heavy (non-hydrogen) atoms. The van der Waals surface area contributed by atoms with Crippen LogP contribution in [0.25, 0.3) is 6.08 Å². The van der Waals surface area contributed by atoms with Gasteiger partial charge in [0.2, 0.25) is 5.91 Å². The van der Waals surface area contributed by atoms with Crippen molar-refractivity contribution in [3.05, 3.63) is 71.4 Å². The van der Waals surface area contributed by atoms with Crippen molar-refractivity contribution in [2.24, 2.45) is 11.5 Å². The van der Waals surface area contributed by atoms with Crippen LogP contribution in [0.5, 0.6) is 0 Å². The molecule has 3 rings (SSSR count). The molecule has 1 heterocycles. The standard InChI is InChI=1S/C25H25N5O8/c1-14(31)21(29(17-5-3-2-4-6-17)22(34)18(27)12-20(32)33)24(36)38-30-23(35)19(28-25(30)37)11-15-7-9-16(13-26)10-8-15/h2-11,18,21H,12-13,26-27H2,1H3,(H,28,37)(H,32,33)/t18-,21-/m0/s1. The third-order valence-electron chi connectivity index (χ3n) is 5.40. The first kappa shape index (κ1) is 27.7. The number of imide groups is 1. The zero-order valence-electron chi connectivity index (χ0n) is 20.2. The summed E-state index contributed by atoms with van der Waals surface area (Å²) in [5, 5.41) is 11.4. The average Bonchev–Trinajstić information content (AvgIpc) is 3.14. The van der Waals surface area contributed by atoms with Crippen molar-refractivity contribution in [3.63, 3.8) is 0 Å². The van der Waals surface area contributed by atoms with Crippen molar-refractivity contribution in [3.8, 4) is 0 Å². The lowest BCUT2D eigenvalue weighted by atomic mass is 10.1. The Balaban J connectivity index is 1.89. The summed E-state index contributed by atoms with van der Waals surface area (Å²) >= 11 is 0. The fourth-order valence-corrected chi connectivity index (χ4v) is 3.56. The van der Waals surface area contributed by atoms with Gasteiger partial charge in [-0.3, -0.25) is 29.4 Å². The van der Waals surface area contributed by atoms with Crippen LogP contribution in [0.1, 0.15) is 24.5 Å². The predicted octanol–water partition coefficient (Wildman–Crippen LogP) is 0.289. The molecule has 0 aromatic heterocycles. The Kier molecular flexibility index (Phi) is 8.68. The number of nitrogens with two attached hydrogens (primary N) is 2. The molecule has 1 fully saturated rings.